The van der Waals surface area contributed by atoms with Gasteiger partial charge in [0.15, 0.2) is 0 Å². The number of rotatable bonds is 6. The van der Waals surface area contributed by atoms with E-state index in [1.165, 1.54) is 0 Å². The molecule has 0 rings (SSSR count). The van der Waals surface area contributed by atoms with Gasteiger partial charge in [-0.2, -0.15) is 13.2 Å². The van der Waals surface area contributed by atoms with Crippen molar-refractivity contribution in [1.82, 2.24) is 5.32 Å². The van der Waals surface area contributed by atoms with Gasteiger partial charge in [0.1, 0.15) is 0 Å². The predicted molar refractivity (Wildman–Crippen MR) is 61.4 cm³/mol. The highest BCUT2D eigenvalue weighted by molar-refractivity contribution is 4.80. The minimum atomic E-state index is -4.02. The van der Waals surface area contributed by atoms with Crippen LogP contribution in [0.5, 0.6) is 0 Å². The van der Waals surface area contributed by atoms with E-state index in [1.807, 2.05) is 0 Å². The zero-order valence-corrected chi connectivity index (χ0v) is 10.7. The SMILES string of the molecule is CCCNC(CCCC(F)(F)F)C(C)(C)C. The molecule has 0 aliphatic rings. The third-order valence-corrected chi connectivity index (χ3v) is 2.64. The fourth-order valence-corrected chi connectivity index (χ4v) is 1.67. The Morgan fingerprint density at radius 2 is 1.69 bits per heavy atom. The first kappa shape index (κ1) is 15.8. The van der Waals surface area contributed by atoms with E-state index in [9.17, 15) is 13.2 Å². The first-order valence-corrected chi connectivity index (χ1v) is 5.97. The molecule has 1 atom stereocenters. The van der Waals surface area contributed by atoms with Gasteiger partial charge in [-0.25, -0.2) is 0 Å². The lowest BCUT2D eigenvalue weighted by Gasteiger charge is -2.32. The molecule has 0 spiro atoms. The van der Waals surface area contributed by atoms with Gasteiger partial charge >= 0.3 is 6.18 Å². The number of hydrogen-bond acceptors (Lipinski definition) is 1. The Morgan fingerprint density at radius 3 is 2.06 bits per heavy atom. The summed E-state index contributed by atoms with van der Waals surface area (Å²) in [5.74, 6) is 0. The Balaban J connectivity index is 4.03. The number of hydrogen-bond donors (Lipinski definition) is 1. The molecule has 0 aliphatic heterocycles. The van der Waals surface area contributed by atoms with Crippen molar-refractivity contribution in [3.05, 3.63) is 0 Å². The second-order valence-electron chi connectivity index (χ2n) is 5.38. The van der Waals surface area contributed by atoms with Gasteiger partial charge in [-0.05, 0) is 31.2 Å². The van der Waals surface area contributed by atoms with Crippen molar-refractivity contribution in [2.45, 2.75) is 65.6 Å². The van der Waals surface area contributed by atoms with Crippen molar-refractivity contribution in [1.29, 1.82) is 0 Å². The summed E-state index contributed by atoms with van der Waals surface area (Å²) in [5, 5.41) is 3.33. The highest BCUT2D eigenvalue weighted by Crippen LogP contribution is 2.27. The van der Waals surface area contributed by atoms with Crippen LogP contribution in [0, 0.1) is 5.41 Å². The first-order valence-electron chi connectivity index (χ1n) is 5.97. The van der Waals surface area contributed by atoms with Gasteiger partial charge in [0.25, 0.3) is 0 Å². The van der Waals surface area contributed by atoms with Crippen LogP contribution in [0.25, 0.3) is 0 Å². The van der Waals surface area contributed by atoms with Gasteiger partial charge in [0.05, 0.1) is 0 Å². The lowest BCUT2D eigenvalue weighted by Crippen LogP contribution is -2.40. The van der Waals surface area contributed by atoms with E-state index < -0.39 is 12.6 Å². The Bertz CT molecular complexity index is 182. The highest BCUT2D eigenvalue weighted by atomic mass is 19.4. The van der Waals surface area contributed by atoms with Crippen molar-refractivity contribution >= 4 is 0 Å². The molecule has 0 radical (unpaired) electrons. The number of halogens is 3. The average Bonchev–Trinajstić information content (AvgIpc) is 2.06. The summed E-state index contributed by atoms with van der Waals surface area (Å²) < 4.78 is 36.1. The second-order valence-corrected chi connectivity index (χ2v) is 5.38. The molecular weight excluding hydrogens is 215 g/mol. The first-order chi connectivity index (χ1) is 7.17. The molecule has 0 heterocycles. The summed E-state index contributed by atoms with van der Waals surface area (Å²) >= 11 is 0. The molecule has 0 amide bonds. The minimum Gasteiger partial charge on any atom is -0.313 e. The van der Waals surface area contributed by atoms with E-state index in [0.717, 1.165) is 13.0 Å². The molecule has 0 saturated carbocycles. The molecule has 0 aromatic carbocycles. The van der Waals surface area contributed by atoms with Crippen LogP contribution < -0.4 is 5.32 Å². The van der Waals surface area contributed by atoms with Crippen LogP contribution in [0.4, 0.5) is 13.2 Å². The van der Waals surface area contributed by atoms with E-state index in [2.05, 4.69) is 33.0 Å². The van der Waals surface area contributed by atoms with Gasteiger partial charge in [0, 0.05) is 12.5 Å². The summed E-state index contributed by atoms with van der Waals surface area (Å²) in [6.45, 7) is 9.12. The Hall–Kier alpha value is -0.250. The second kappa shape index (κ2) is 6.48. The van der Waals surface area contributed by atoms with Crippen molar-refractivity contribution in [2.24, 2.45) is 5.41 Å². The third kappa shape index (κ3) is 7.97. The standard InChI is InChI=1S/C12H24F3N/c1-5-9-16-10(11(2,3)4)7-6-8-12(13,14)15/h10,16H,5-9H2,1-4H3. The van der Waals surface area contributed by atoms with Crippen molar-refractivity contribution in [2.75, 3.05) is 6.54 Å². The maximum atomic E-state index is 12.0. The van der Waals surface area contributed by atoms with Gasteiger partial charge in [0.2, 0.25) is 0 Å². The van der Waals surface area contributed by atoms with E-state index in [1.54, 1.807) is 0 Å². The Kier molecular flexibility index (Phi) is 6.38. The summed E-state index contributed by atoms with van der Waals surface area (Å²) in [7, 11) is 0. The normalized spacial score (nSPS) is 15.2. The smallest absolute Gasteiger partial charge is 0.313 e. The average molecular weight is 239 g/mol. The summed E-state index contributed by atoms with van der Waals surface area (Å²) in [6, 6.07) is 0.162. The molecule has 0 aliphatic carbocycles. The van der Waals surface area contributed by atoms with E-state index in [0.29, 0.717) is 6.42 Å². The fraction of sp³-hybridized carbons (Fsp3) is 1.00. The lowest BCUT2D eigenvalue weighted by molar-refractivity contribution is -0.136. The van der Waals surface area contributed by atoms with Gasteiger partial charge < -0.3 is 5.32 Å². The number of alkyl halides is 3. The van der Waals surface area contributed by atoms with Crippen LogP contribution >= 0.6 is 0 Å². The third-order valence-electron chi connectivity index (χ3n) is 2.64. The molecule has 1 N–H and O–H groups in total. The summed E-state index contributed by atoms with van der Waals surface area (Å²) in [4.78, 5) is 0. The summed E-state index contributed by atoms with van der Waals surface area (Å²) in [6.07, 6.45) is -2.89. The maximum absolute atomic E-state index is 12.0. The van der Waals surface area contributed by atoms with E-state index in [4.69, 9.17) is 0 Å². The molecule has 4 heteroatoms. The molecule has 0 bridgehead atoms. The van der Waals surface area contributed by atoms with Crippen LogP contribution in [-0.4, -0.2) is 18.8 Å². The molecule has 0 aromatic heterocycles. The Labute approximate surface area is 96.8 Å². The van der Waals surface area contributed by atoms with Crippen LogP contribution in [0.2, 0.25) is 0 Å². The zero-order chi connectivity index (χ0) is 12.8. The van der Waals surface area contributed by atoms with E-state index in [-0.39, 0.29) is 17.9 Å². The van der Waals surface area contributed by atoms with Gasteiger partial charge in [-0.15, -0.1) is 0 Å². The molecule has 1 nitrogen and oxygen atoms in total. The van der Waals surface area contributed by atoms with Crippen LogP contribution in [0.15, 0.2) is 0 Å². The predicted octanol–water partition coefficient (Wildman–Crippen LogP) is 4.13. The van der Waals surface area contributed by atoms with Crippen LogP contribution in [-0.2, 0) is 0 Å². The largest absolute Gasteiger partial charge is 0.389 e. The molecule has 0 fully saturated rings. The van der Waals surface area contributed by atoms with Crippen molar-refractivity contribution in [3.8, 4) is 0 Å². The summed E-state index contributed by atoms with van der Waals surface area (Å²) in [5.41, 5.74) is 0.0147. The van der Waals surface area contributed by atoms with Crippen LogP contribution in [0.3, 0.4) is 0 Å². The Morgan fingerprint density at radius 1 is 1.12 bits per heavy atom. The number of nitrogens with one attached hydrogen (secondary N) is 1. The molecule has 0 aromatic rings. The molecule has 1 unspecified atom stereocenters. The molecule has 0 saturated heterocycles. The molecule has 16 heavy (non-hydrogen) atoms. The van der Waals surface area contributed by atoms with Crippen molar-refractivity contribution < 1.29 is 13.2 Å². The monoisotopic (exact) mass is 239 g/mol. The van der Waals surface area contributed by atoms with Crippen molar-refractivity contribution in [3.63, 3.8) is 0 Å². The van der Waals surface area contributed by atoms with Gasteiger partial charge in [-0.3, -0.25) is 0 Å². The topological polar surface area (TPSA) is 12.0 Å². The lowest BCUT2D eigenvalue weighted by atomic mass is 9.83. The molecular formula is C12H24F3N. The fourth-order valence-electron chi connectivity index (χ4n) is 1.67. The quantitative estimate of drug-likeness (QED) is 0.734. The van der Waals surface area contributed by atoms with Gasteiger partial charge in [-0.1, -0.05) is 27.7 Å². The van der Waals surface area contributed by atoms with E-state index >= 15 is 0 Å². The van der Waals surface area contributed by atoms with Crippen LogP contribution in [0.1, 0.15) is 53.4 Å². The maximum Gasteiger partial charge on any atom is 0.389 e. The molecule has 98 valence electrons. The highest BCUT2D eigenvalue weighted by Gasteiger charge is 2.29. The minimum absolute atomic E-state index is 0.0147. The zero-order valence-electron chi connectivity index (χ0n) is 10.7.